The van der Waals surface area contributed by atoms with E-state index in [9.17, 15) is 24.6 Å². The molecule has 1 aromatic rings. The first-order chi connectivity index (χ1) is 10.3. The summed E-state index contributed by atoms with van der Waals surface area (Å²) < 4.78 is 5.98. The maximum Gasteiger partial charge on any atom is 0.330 e. The Kier molecular flexibility index (Phi) is 4.56. The summed E-state index contributed by atoms with van der Waals surface area (Å²) in [4.78, 5) is 35.8. The van der Waals surface area contributed by atoms with Gasteiger partial charge in [-0.25, -0.2) is 9.59 Å². The van der Waals surface area contributed by atoms with E-state index in [0.717, 1.165) is 16.8 Å². The van der Waals surface area contributed by atoms with Gasteiger partial charge in [0.05, 0.1) is 12.2 Å². The van der Waals surface area contributed by atoms with Crippen molar-refractivity contribution in [3.05, 3.63) is 38.7 Å². The lowest BCUT2D eigenvalue weighted by molar-refractivity contribution is -0.131. The van der Waals surface area contributed by atoms with E-state index in [4.69, 9.17) is 14.9 Å². The molecule has 0 radical (unpaired) electrons. The molecule has 1 aliphatic heterocycles. The van der Waals surface area contributed by atoms with Gasteiger partial charge in [-0.1, -0.05) is 0 Å². The molecule has 0 aliphatic carbocycles. The second-order valence-corrected chi connectivity index (χ2v) is 4.65. The van der Waals surface area contributed by atoms with Crippen LogP contribution in [-0.4, -0.2) is 60.9 Å². The highest BCUT2D eigenvalue weighted by atomic mass is 16.6. The van der Waals surface area contributed by atoms with E-state index in [1.165, 1.54) is 0 Å². The topological polar surface area (TPSA) is 162 Å². The van der Waals surface area contributed by atoms with Crippen molar-refractivity contribution in [3.63, 3.8) is 0 Å². The fourth-order valence-corrected chi connectivity index (χ4v) is 2.08. The molecule has 1 saturated heterocycles. The van der Waals surface area contributed by atoms with Crippen molar-refractivity contribution in [2.24, 2.45) is 0 Å². The van der Waals surface area contributed by atoms with Crippen LogP contribution in [0.1, 0.15) is 11.8 Å². The molecule has 0 saturated carbocycles. The Labute approximate surface area is 122 Å². The predicted molar refractivity (Wildman–Crippen MR) is 71.0 cm³/mol. The number of hydrogen-bond donors (Lipinski definition) is 5. The van der Waals surface area contributed by atoms with Crippen LogP contribution in [0.15, 0.2) is 21.9 Å². The molecule has 1 aliphatic rings. The summed E-state index contributed by atoms with van der Waals surface area (Å²) >= 11 is 0. The molecule has 0 unspecified atom stereocenters. The number of carboxylic acids is 1. The second-order valence-electron chi connectivity index (χ2n) is 4.65. The van der Waals surface area contributed by atoms with Gasteiger partial charge >= 0.3 is 11.7 Å². The minimum Gasteiger partial charge on any atom is -0.478 e. The molecule has 1 fully saturated rings. The van der Waals surface area contributed by atoms with E-state index >= 15 is 0 Å². The zero-order chi connectivity index (χ0) is 16.4. The number of carboxylic acid groups (broad SMARTS) is 1. The number of carbonyl (C=O) groups is 1. The zero-order valence-corrected chi connectivity index (χ0v) is 11.1. The summed E-state index contributed by atoms with van der Waals surface area (Å²) in [5.74, 6) is -1.29. The first-order valence-electron chi connectivity index (χ1n) is 6.24. The third-order valence-electron chi connectivity index (χ3n) is 3.19. The van der Waals surface area contributed by atoms with Crippen molar-refractivity contribution in [1.29, 1.82) is 0 Å². The summed E-state index contributed by atoms with van der Waals surface area (Å²) in [7, 11) is 0. The van der Waals surface area contributed by atoms with E-state index in [1.807, 2.05) is 4.98 Å². The minimum atomic E-state index is -1.50. The first kappa shape index (κ1) is 16.1. The Morgan fingerprint density at radius 3 is 2.59 bits per heavy atom. The Bertz CT molecular complexity index is 706. The Balaban J connectivity index is 2.44. The molecule has 0 spiro atoms. The van der Waals surface area contributed by atoms with Crippen LogP contribution >= 0.6 is 0 Å². The number of hydrogen-bond acceptors (Lipinski definition) is 7. The van der Waals surface area contributed by atoms with Gasteiger partial charge in [-0.2, -0.15) is 0 Å². The van der Waals surface area contributed by atoms with Gasteiger partial charge in [-0.05, 0) is 6.08 Å². The highest BCUT2D eigenvalue weighted by Gasteiger charge is 2.43. The van der Waals surface area contributed by atoms with Crippen molar-refractivity contribution in [3.8, 4) is 0 Å². The van der Waals surface area contributed by atoms with Gasteiger partial charge in [0.25, 0.3) is 5.56 Å². The second kappa shape index (κ2) is 6.23. The summed E-state index contributed by atoms with van der Waals surface area (Å²) in [6.07, 6.45) is -2.65. The Hall–Kier alpha value is -2.27. The molecule has 5 N–H and O–H groups in total. The van der Waals surface area contributed by atoms with Crippen LogP contribution in [0.2, 0.25) is 0 Å². The number of rotatable bonds is 4. The van der Waals surface area contributed by atoms with Crippen LogP contribution in [0.4, 0.5) is 0 Å². The molecule has 0 aromatic carbocycles. The average Bonchev–Trinajstić information content (AvgIpc) is 2.74. The van der Waals surface area contributed by atoms with Crippen LogP contribution in [0.25, 0.3) is 6.08 Å². The Morgan fingerprint density at radius 2 is 2.05 bits per heavy atom. The summed E-state index contributed by atoms with van der Waals surface area (Å²) in [5, 5.41) is 37.1. The van der Waals surface area contributed by atoms with Gasteiger partial charge in [0.15, 0.2) is 6.23 Å². The molecule has 4 atom stereocenters. The van der Waals surface area contributed by atoms with E-state index in [-0.39, 0.29) is 5.56 Å². The maximum atomic E-state index is 11.8. The third kappa shape index (κ3) is 2.99. The van der Waals surface area contributed by atoms with Crippen molar-refractivity contribution >= 4 is 12.0 Å². The standard InChI is InChI=1S/C12H14N2O8/c15-4-6-8(18)9(19)11(22-6)14-3-5(1-2-7(16)17)10(20)13-12(14)21/h1-3,6,8-9,11,15,18-19H,4H2,(H,16,17)(H,13,20,21)/t6-,8-,9+,11-/m1/s1. The summed E-state index contributed by atoms with van der Waals surface area (Å²) in [6, 6.07) is 0. The molecule has 2 heterocycles. The molecule has 1 aromatic heterocycles. The smallest absolute Gasteiger partial charge is 0.330 e. The van der Waals surface area contributed by atoms with Crippen LogP contribution in [0.3, 0.4) is 0 Å². The SMILES string of the molecule is O=C(O)C=Cc1cn([C@@H]2O[C@H](CO)[C@@H](O)[C@@H]2O)c(=O)[nH]c1=O. The molecule has 2 rings (SSSR count). The largest absolute Gasteiger partial charge is 0.478 e. The van der Waals surface area contributed by atoms with Crippen molar-refractivity contribution in [1.82, 2.24) is 9.55 Å². The van der Waals surface area contributed by atoms with E-state index in [0.29, 0.717) is 6.08 Å². The highest BCUT2D eigenvalue weighted by Crippen LogP contribution is 2.27. The lowest BCUT2D eigenvalue weighted by atomic mass is 10.1. The number of H-pyrrole nitrogens is 1. The van der Waals surface area contributed by atoms with E-state index in [2.05, 4.69) is 0 Å². The van der Waals surface area contributed by atoms with Crippen LogP contribution < -0.4 is 11.2 Å². The van der Waals surface area contributed by atoms with Crippen LogP contribution in [-0.2, 0) is 9.53 Å². The number of aliphatic hydroxyl groups excluding tert-OH is 3. The molecular formula is C12H14N2O8. The molecular weight excluding hydrogens is 300 g/mol. The Morgan fingerprint density at radius 1 is 1.36 bits per heavy atom. The molecule has 0 bridgehead atoms. The fraction of sp³-hybridized carbons (Fsp3) is 0.417. The summed E-state index contributed by atoms with van der Waals surface area (Å²) in [5.41, 5.74) is -1.88. The van der Waals surface area contributed by atoms with E-state index in [1.54, 1.807) is 0 Å². The number of aromatic amines is 1. The summed E-state index contributed by atoms with van der Waals surface area (Å²) in [6.45, 7) is -0.571. The number of aromatic nitrogens is 2. The first-order valence-corrected chi connectivity index (χ1v) is 6.24. The molecule has 10 heteroatoms. The monoisotopic (exact) mass is 314 g/mol. The van der Waals surface area contributed by atoms with E-state index < -0.39 is 48.4 Å². The zero-order valence-electron chi connectivity index (χ0n) is 11.1. The van der Waals surface area contributed by atoms with Crippen molar-refractivity contribution in [2.75, 3.05) is 6.61 Å². The van der Waals surface area contributed by atoms with Crippen molar-refractivity contribution in [2.45, 2.75) is 24.5 Å². The number of ether oxygens (including phenoxy) is 1. The maximum absolute atomic E-state index is 11.8. The van der Waals surface area contributed by atoms with Crippen LogP contribution in [0, 0.1) is 0 Å². The van der Waals surface area contributed by atoms with Gasteiger partial charge in [-0.3, -0.25) is 14.3 Å². The van der Waals surface area contributed by atoms with Crippen molar-refractivity contribution < 1.29 is 30.0 Å². The molecule has 10 nitrogen and oxygen atoms in total. The van der Waals surface area contributed by atoms with Gasteiger partial charge in [0, 0.05) is 12.3 Å². The molecule has 22 heavy (non-hydrogen) atoms. The normalized spacial score (nSPS) is 28.3. The highest BCUT2D eigenvalue weighted by molar-refractivity contribution is 5.85. The van der Waals surface area contributed by atoms with Gasteiger partial charge in [0.2, 0.25) is 0 Å². The third-order valence-corrected chi connectivity index (χ3v) is 3.19. The lowest BCUT2D eigenvalue weighted by Crippen LogP contribution is -2.38. The van der Waals surface area contributed by atoms with Gasteiger partial charge in [-0.15, -0.1) is 0 Å². The number of aliphatic hydroxyl groups is 3. The number of nitrogens with one attached hydrogen (secondary N) is 1. The molecule has 120 valence electrons. The van der Waals surface area contributed by atoms with Crippen LogP contribution in [0.5, 0.6) is 0 Å². The quantitative estimate of drug-likeness (QED) is 0.373. The van der Waals surface area contributed by atoms with Gasteiger partial charge in [0.1, 0.15) is 18.3 Å². The predicted octanol–water partition coefficient (Wildman–Crippen LogP) is -2.75. The van der Waals surface area contributed by atoms with Gasteiger partial charge < -0.3 is 25.2 Å². The fourth-order valence-electron chi connectivity index (χ4n) is 2.08. The number of aliphatic carboxylic acids is 1. The molecule has 0 amide bonds. The number of nitrogens with zero attached hydrogens (tertiary/aromatic N) is 1. The average molecular weight is 314 g/mol. The minimum absolute atomic E-state index is 0.153. The lowest BCUT2D eigenvalue weighted by Gasteiger charge is -2.17.